The number of ether oxygens (including phenoxy) is 3. The van der Waals surface area contributed by atoms with E-state index in [9.17, 15) is 0 Å². The summed E-state index contributed by atoms with van der Waals surface area (Å²) in [7, 11) is 3.23. The van der Waals surface area contributed by atoms with Crippen molar-refractivity contribution in [1.82, 2.24) is 5.32 Å². The fourth-order valence-electron chi connectivity index (χ4n) is 2.49. The summed E-state index contributed by atoms with van der Waals surface area (Å²) in [5.74, 6) is 1.30. The minimum Gasteiger partial charge on any atom is -0.493 e. The van der Waals surface area contributed by atoms with Gasteiger partial charge in [0.15, 0.2) is 11.5 Å². The van der Waals surface area contributed by atoms with Crippen LogP contribution in [0.15, 0.2) is 6.07 Å². The number of benzene rings is 1. The fourth-order valence-corrected chi connectivity index (χ4v) is 2.77. The largest absolute Gasteiger partial charge is 0.493 e. The number of halogens is 1. The molecule has 2 rings (SSSR count). The molecule has 1 aromatic rings. The Morgan fingerprint density at radius 2 is 2.11 bits per heavy atom. The minimum atomic E-state index is 0.0148. The Kier molecular flexibility index (Phi) is 4.91. The zero-order valence-electron chi connectivity index (χ0n) is 11.6. The molecule has 1 unspecified atom stereocenters. The SMILES string of the molecule is CCc1c(C2CNCCO2)cc(Cl)c(OC)c1OC. The van der Waals surface area contributed by atoms with Gasteiger partial charge >= 0.3 is 0 Å². The lowest BCUT2D eigenvalue weighted by molar-refractivity contribution is 0.0270. The number of methoxy groups -OCH3 is 2. The lowest BCUT2D eigenvalue weighted by Gasteiger charge is -2.27. The van der Waals surface area contributed by atoms with E-state index in [1.54, 1.807) is 14.2 Å². The predicted molar refractivity (Wildman–Crippen MR) is 75.5 cm³/mol. The van der Waals surface area contributed by atoms with Gasteiger partial charge in [0.25, 0.3) is 0 Å². The third-order valence-corrected chi connectivity index (χ3v) is 3.64. The van der Waals surface area contributed by atoms with Crippen LogP contribution in [0.3, 0.4) is 0 Å². The molecule has 0 bridgehead atoms. The van der Waals surface area contributed by atoms with E-state index in [0.29, 0.717) is 23.1 Å². The molecule has 1 saturated heterocycles. The topological polar surface area (TPSA) is 39.7 Å². The molecular formula is C14H20ClNO3. The van der Waals surface area contributed by atoms with Crippen LogP contribution in [0.2, 0.25) is 5.02 Å². The maximum Gasteiger partial charge on any atom is 0.179 e. The summed E-state index contributed by atoms with van der Waals surface area (Å²) in [4.78, 5) is 0. The molecule has 0 amide bonds. The Balaban J connectivity index is 2.50. The number of nitrogens with one attached hydrogen (secondary N) is 1. The number of morpholine rings is 1. The highest BCUT2D eigenvalue weighted by atomic mass is 35.5. The third kappa shape index (κ3) is 2.81. The summed E-state index contributed by atoms with van der Waals surface area (Å²) < 4.78 is 16.6. The van der Waals surface area contributed by atoms with Crippen molar-refractivity contribution < 1.29 is 14.2 Å². The number of rotatable bonds is 4. The van der Waals surface area contributed by atoms with Gasteiger partial charge in [-0.15, -0.1) is 0 Å². The summed E-state index contributed by atoms with van der Waals surface area (Å²) in [6.45, 7) is 4.47. The average Bonchev–Trinajstić information content (AvgIpc) is 2.46. The molecule has 0 saturated carbocycles. The van der Waals surface area contributed by atoms with E-state index in [2.05, 4.69) is 12.2 Å². The van der Waals surface area contributed by atoms with Gasteiger partial charge < -0.3 is 19.5 Å². The van der Waals surface area contributed by atoms with Crippen molar-refractivity contribution in [2.24, 2.45) is 0 Å². The summed E-state index contributed by atoms with van der Waals surface area (Å²) in [5.41, 5.74) is 2.18. The molecule has 0 radical (unpaired) electrons. The molecule has 1 aliphatic heterocycles. The standard InChI is InChI=1S/C14H20ClNO3/c1-4-9-10(12-8-16-5-6-19-12)7-11(15)14(18-3)13(9)17-2/h7,12,16H,4-6,8H2,1-3H3. The average molecular weight is 286 g/mol. The Bertz CT molecular complexity index is 445. The van der Waals surface area contributed by atoms with Crippen LogP contribution in [0.4, 0.5) is 0 Å². The molecule has 1 heterocycles. The Morgan fingerprint density at radius 3 is 2.63 bits per heavy atom. The van der Waals surface area contributed by atoms with Crippen molar-refractivity contribution in [2.45, 2.75) is 19.4 Å². The maximum absolute atomic E-state index is 6.28. The maximum atomic E-state index is 6.28. The summed E-state index contributed by atoms with van der Waals surface area (Å²) in [6.07, 6.45) is 0.854. The van der Waals surface area contributed by atoms with Gasteiger partial charge in [-0.05, 0) is 18.1 Å². The number of hydrogen-bond donors (Lipinski definition) is 1. The van der Waals surface area contributed by atoms with Gasteiger partial charge in [-0.25, -0.2) is 0 Å². The van der Waals surface area contributed by atoms with E-state index in [-0.39, 0.29) is 6.10 Å². The van der Waals surface area contributed by atoms with Gasteiger partial charge in [0.05, 0.1) is 32.0 Å². The second-order valence-electron chi connectivity index (χ2n) is 4.41. The van der Waals surface area contributed by atoms with Crippen LogP contribution in [0.1, 0.15) is 24.2 Å². The molecule has 4 nitrogen and oxygen atoms in total. The van der Waals surface area contributed by atoms with E-state index >= 15 is 0 Å². The zero-order valence-corrected chi connectivity index (χ0v) is 12.3. The van der Waals surface area contributed by atoms with E-state index in [0.717, 1.165) is 30.6 Å². The first-order chi connectivity index (χ1) is 9.22. The molecule has 1 N–H and O–H groups in total. The molecule has 1 fully saturated rings. The van der Waals surface area contributed by atoms with Crippen LogP contribution in [0.25, 0.3) is 0 Å². The second kappa shape index (κ2) is 6.46. The molecular weight excluding hydrogens is 266 g/mol. The predicted octanol–water partition coefficient (Wildman–Crippen LogP) is 2.58. The lowest BCUT2D eigenvalue weighted by atomic mass is 9.98. The van der Waals surface area contributed by atoms with Gasteiger partial charge in [-0.3, -0.25) is 0 Å². The highest BCUT2D eigenvalue weighted by Gasteiger charge is 2.24. The molecule has 1 atom stereocenters. The fraction of sp³-hybridized carbons (Fsp3) is 0.571. The second-order valence-corrected chi connectivity index (χ2v) is 4.82. The highest BCUT2D eigenvalue weighted by molar-refractivity contribution is 6.32. The third-order valence-electron chi connectivity index (χ3n) is 3.36. The molecule has 106 valence electrons. The molecule has 0 aliphatic carbocycles. The van der Waals surface area contributed by atoms with E-state index in [1.165, 1.54) is 0 Å². The minimum absolute atomic E-state index is 0.0148. The van der Waals surface area contributed by atoms with Crippen LogP contribution < -0.4 is 14.8 Å². The van der Waals surface area contributed by atoms with Crippen molar-refractivity contribution in [3.63, 3.8) is 0 Å². The first-order valence-electron chi connectivity index (χ1n) is 6.48. The van der Waals surface area contributed by atoms with Crippen LogP contribution in [0.5, 0.6) is 11.5 Å². The summed E-state index contributed by atoms with van der Waals surface area (Å²) in [5, 5.41) is 3.89. The number of hydrogen-bond acceptors (Lipinski definition) is 4. The Labute approximate surface area is 119 Å². The van der Waals surface area contributed by atoms with Crippen molar-refractivity contribution >= 4 is 11.6 Å². The highest BCUT2D eigenvalue weighted by Crippen LogP contribution is 2.42. The van der Waals surface area contributed by atoms with E-state index in [1.807, 2.05) is 6.07 Å². The summed E-state index contributed by atoms with van der Waals surface area (Å²) >= 11 is 6.28. The molecule has 1 aromatic carbocycles. The molecule has 5 heteroatoms. The molecule has 19 heavy (non-hydrogen) atoms. The first kappa shape index (κ1) is 14.4. The normalized spacial score (nSPS) is 19.3. The first-order valence-corrected chi connectivity index (χ1v) is 6.86. The van der Waals surface area contributed by atoms with Crippen LogP contribution in [-0.2, 0) is 11.2 Å². The van der Waals surface area contributed by atoms with Crippen molar-refractivity contribution in [3.05, 3.63) is 22.2 Å². The quantitative estimate of drug-likeness (QED) is 0.923. The molecule has 0 spiro atoms. The monoisotopic (exact) mass is 285 g/mol. The van der Waals surface area contributed by atoms with Gasteiger partial charge in [0.1, 0.15) is 0 Å². The van der Waals surface area contributed by atoms with Gasteiger partial charge in [0.2, 0.25) is 0 Å². The van der Waals surface area contributed by atoms with Crippen molar-refractivity contribution in [3.8, 4) is 11.5 Å². The van der Waals surface area contributed by atoms with Gasteiger partial charge in [0, 0.05) is 18.7 Å². The van der Waals surface area contributed by atoms with Crippen molar-refractivity contribution in [1.29, 1.82) is 0 Å². The van der Waals surface area contributed by atoms with Crippen LogP contribution >= 0.6 is 11.6 Å². The smallest absolute Gasteiger partial charge is 0.179 e. The van der Waals surface area contributed by atoms with Crippen LogP contribution in [-0.4, -0.2) is 33.9 Å². The Morgan fingerprint density at radius 1 is 1.37 bits per heavy atom. The summed E-state index contributed by atoms with van der Waals surface area (Å²) in [6, 6.07) is 1.93. The van der Waals surface area contributed by atoms with Gasteiger partial charge in [-0.1, -0.05) is 18.5 Å². The van der Waals surface area contributed by atoms with Crippen LogP contribution in [0, 0.1) is 0 Å². The molecule has 1 aliphatic rings. The van der Waals surface area contributed by atoms with Crippen molar-refractivity contribution in [2.75, 3.05) is 33.9 Å². The van der Waals surface area contributed by atoms with Gasteiger partial charge in [-0.2, -0.15) is 0 Å². The molecule has 0 aromatic heterocycles. The zero-order chi connectivity index (χ0) is 13.8. The lowest BCUT2D eigenvalue weighted by Crippen LogP contribution is -2.33. The van der Waals surface area contributed by atoms with E-state index < -0.39 is 0 Å². The Hall–Kier alpha value is -0.970. The van der Waals surface area contributed by atoms with E-state index in [4.69, 9.17) is 25.8 Å².